The second-order valence-electron chi connectivity index (χ2n) is 4.00. The summed E-state index contributed by atoms with van der Waals surface area (Å²) in [6, 6.07) is 0.209. The van der Waals surface area contributed by atoms with Gasteiger partial charge in [-0.3, -0.25) is 4.79 Å². The lowest BCUT2D eigenvalue weighted by molar-refractivity contribution is -0.130. The second-order valence-corrected chi connectivity index (χ2v) is 4.00. The number of carbonyl (C=O) groups is 2. The number of nitrogens with one attached hydrogen (secondary N) is 1. The van der Waals surface area contributed by atoms with Crippen LogP contribution in [-0.2, 0) is 9.53 Å². The average molecular weight is 283 g/mol. The van der Waals surface area contributed by atoms with Crippen LogP contribution in [0, 0.1) is 0 Å². The van der Waals surface area contributed by atoms with Crippen LogP contribution in [0.3, 0.4) is 0 Å². The van der Waals surface area contributed by atoms with E-state index < -0.39 is 5.97 Å². The summed E-state index contributed by atoms with van der Waals surface area (Å²) in [4.78, 5) is 28.8. The minimum Gasteiger partial charge on any atom is -0.461 e. The molecule has 7 nitrogen and oxygen atoms in total. The molecule has 0 aliphatic carbocycles. The van der Waals surface area contributed by atoms with E-state index in [4.69, 9.17) is 9.15 Å². The molecule has 0 aliphatic rings. The number of esters is 1. The fraction of sp³-hybridized carbons (Fsp3) is 0.615. The lowest BCUT2D eigenvalue weighted by atomic mass is 10.3. The van der Waals surface area contributed by atoms with Crippen molar-refractivity contribution in [3.63, 3.8) is 0 Å². The summed E-state index contributed by atoms with van der Waals surface area (Å²) < 4.78 is 9.87. The van der Waals surface area contributed by atoms with Crippen LogP contribution < -0.4 is 5.32 Å². The Hall–Kier alpha value is -2.05. The van der Waals surface area contributed by atoms with Crippen molar-refractivity contribution < 1.29 is 18.7 Å². The summed E-state index contributed by atoms with van der Waals surface area (Å²) in [5.74, 6) is -0.455. The number of hydrogen-bond donors (Lipinski definition) is 1. The minimum atomic E-state index is -0.525. The average Bonchev–Trinajstić information content (AvgIpc) is 2.89. The van der Waals surface area contributed by atoms with E-state index in [0.717, 1.165) is 0 Å². The van der Waals surface area contributed by atoms with Crippen LogP contribution >= 0.6 is 0 Å². The van der Waals surface area contributed by atoms with Crippen molar-refractivity contribution in [2.45, 2.75) is 27.2 Å². The van der Waals surface area contributed by atoms with Gasteiger partial charge in [0.05, 0.1) is 6.61 Å². The van der Waals surface area contributed by atoms with Gasteiger partial charge in [0.15, 0.2) is 5.69 Å². The van der Waals surface area contributed by atoms with Crippen molar-refractivity contribution >= 4 is 17.9 Å². The summed E-state index contributed by atoms with van der Waals surface area (Å²) in [5, 5.41) is 2.86. The summed E-state index contributed by atoms with van der Waals surface area (Å²) >= 11 is 0. The zero-order chi connectivity index (χ0) is 15.0. The highest BCUT2D eigenvalue weighted by Crippen LogP contribution is 2.08. The zero-order valence-corrected chi connectivity index (χ0v) is 12.1. The van der Waals surface area contributed by atoms with Crippen LogP contribution in [0.1, 0.15) is 37.7 Å². The van der Waals surface area contributed by atoms with Crippen LogP contribution in [-0.4, -0.2) is 48.0 Å². The maximum Gasteiger partial charge on any atom is 0.360 e. The van der Waals surface area contributed by atoms with Gasteiger partial charge >= 0.3 is 5.97 Å². The van der Waals surface area contributed by atoms with Gasteiger partial charge in [0, 0.05) is 26.1 Å². The van der Waals surface area contributed by atoms with Gasteiger partial charge < -0.3 is 19.4 Å². The Labute approximate surface area is 118 Å². The monoisotopic (exact) mass is 283 g/mol. The van der Waals surface area contributed by atoms with Gasteiger partial charge in [0.2, 0.25) is 5.91 Å². The first-order valence-corrected chi connectivity index (χ1v) is 6.76. The Bertz CT molecular complexity index is 441. The molecule has 0 unspecified atom stereocenters. The molecule has 0 radical (unpaired) electrons. The molecule has 0 spiro atoms. The molecule has 0 aromatic carbocycles. The molecular weight excluding hydrogens is 262 g/mol. The van der Waals surface area contributed by atoms with Crippen molar-refractivity contribution in [2.75, 3.05) is 31.6 Å². The minimum absolute atomic E-state index is 0.0691. The molecule has 20 heavy (non-hydrogen) atoms. The Balaban J connectivity index is 2.39. The van der Waals surface area contributed by atoms with E-state index in [0.29, 0.717) is 26.1 Å². The molecule has 0 fully saturated rings. The maximum atomic E-state index is 11.8. The molecule has 1 aromatic rings. The van der Waals surface area contributed by atoms with Crippen molar-refractivity contribution in [3.05, 3.63) is 12.0 Å². The molecular formula is C13H21N3O4. The van der Waals surface area contributed by atoms with E-state index in [1.807, 2.05) is 13.8 Å². The van der Waals surface area contributed by atoms with Gasteiger partial charge in [-0.1, -0.05) is 0 Å². The third kappa shape index (κ3) is 4.56. The number of rotatable bonds is 8. The molecule has 0 atom stereocenters. The second kappa shape index (κ2) is 8.19. The van der Waals surface area contributed by atoms with E-state index in [-0.39, 0.29) is 24.2 Å². The molecule has 1 N–H and O–H groups in total. The number of oxazole rings is 1. The summed E-state index contributed by atoms with van der Waals surface area (Å²) in [7, 11) is 0. The molecule has 112 valence electrons. The van der Waals surface area contributed by atoms with E-state index >= 15 is 0 Å². The summed E-state index contributed by atoms with van der Waals surface area (Å²) in [5.41, 5.74) is 0.115. The highest BCUT2D eigenvalue weighted by atomic mass is 16.5. The number of aromatic nitrogens is 1. The highest BCUT2D eigenvalue weighted by Gasteiger charge is 2.13. The molecule has 0 bridgehead atoms. The maximum absolute atomic E-state index is 11.8. The van der Waals surface area contributed by atoms with Crippen molar-refractivity contribution in [1.82, 2.24) is 9.88 Å². The predicted molar refractivity (Wildman–Crippen MR) is 73.5 cm³/mol. The topological polar surface area (TPSA) is 84.7 Å². The SMILES string of the molecule is CCOC(=O)c1coc(NCCC(=O)N(CC)CC)n1. The number of hydrogen-bond acceptors (Lipinski definition) is 6. The first-order valence-electron chi connectivity index (χ1n) is 6.76. The van der Waals surface area contributed by atoms with E-state index in [1.54, 1.807) is 11.8 Å². The van der Waals surface area contributed by atoms with E-state index in [2.05, 4.69) is 10.3 Å². The third-order valence-electron chi connectivity index (χ3n) is 2.72. The van der Waals surface area contributed by atoms with E-state index in [1.165, 1.54) is 6.26 Å². The van der Waals surface area contributed by atoms with E-state index in [9.17, 15) is 9.59 Å². The number of carbonyl (C=O) groups excluding carboxylic acids is 2. The lowest BCUT2D eigenvalue weighted by Gasteiger charge is -2.18. The Kier molecular flexibility index (Phi) is 6.55. The first kappa shape index (κ1) is 16.0. The summed E-state index contributed by atoms with van der Waals surface area (Å²) in [6.07, 6.45) is 1.57. The van der Waals surface area contributed by atoms with Crippen LogP contribution in [0.4, 0.5) is 6.01 Å². The number of anilines is 1. The quantitative estimate of drug-likeness (QED) is 0.728. The van der Waals surface area contributed by atoms with Gasteiger partial charge in [-0.2, -0.15) is 4.98 Å². The van der Waals surface area contributed by atoms with Crippen LogP contribution in [0.15, 0.2) is 10.7 Å². The van der Waals surface area contributed by atoms with Crippen molar-refractivity contribution in [2.24, 2.45) is 0 Å². The smallest absolute Gasteiger partial charge is 0.360 e. The molecule has 1 rings (SSSR count). The first-order chi connectivity index (χ1) is 9.62. The third-order valence-corrected chi connectivity index (χ3v) is 2.72. The van der Waals surface area contributed by atoms with Crippen molar-refractivity contribution in [3.8, 4) is 0 Å². The summed E-state index contributed by atoms with van der Waals surface area (Å²) in [6.45, 7) is 7.67. The van der Waals surface area contributed by atoms with Crippen LogP contribution in [0.5, 0.6) is 0 Å². The lowest BCUT2D eigenvalue weighted by Crippen LogP contribution is -2.31. The fourth-order valence-corrected chi connectivity index (χ4v) is 1.66. The van der Waals surface area contributed by atoms with Gasteiger partial charge in [-0.15, -0.1) is 0 Å². The molecule has 1 heterocycles. The molecule has 1 amide bonds. The van der Waals surface area contributed by atoms with Crippen LogP contribution in [0.25, 0.3) is 0 Å². The Morgan fingerprint density at radius 3 is 2.65 bits per heavy atom. The van der Waals surface area contributed by atoms with Gasteiger partial charge in [0.25, 0.3) is 6.01 Å². The highest BCUT2D eigenvalue weighted by molar-refractivity contribution is 5.87. The fourth-order valence-electron chi connectivity index (χ4n) is 1.66. The van der Waals surface area contributed by atoms with Gasteiger partial charge in [0.1, 0.15) is 6.26 Å². The van der Waals surface area contributed by atoms with Gasteiger partial charge in [-0.05, 0) is 20.8 Å². The van der Waals surface area contributed by atoms with Crippen molar-refractivity contribution in [1.29, 1.82) is 0 Å². The standard InChI is InChI=1S/C13H21N3O4/c1-4-16(5-2)11(17)7-8-14-13-15-10(9-20-13)12(18)19-6-3/h9H,4-8H2,1-3H3,(H,14,15). The molecule has 1 aromatic heterocycles. The number of nitrogens with zero attached hydrogens (tertiary/aromatic N) is 2. The number of amides is 1. The normalized spacial score (nSPS) is 10.2. The molecule has 0 saturated carbocycles. The predicted octanol–water partition coefficient (Wildman–Crippen LogP) is 1.52. The Morgan fingerprint density at radius 2 is 2.05 bits per heavy atom. The van der Waals surface area contributed by atoms with Crippen LogP contribution in [0.2, 0.25) is 0 Å². The Morgan fingerprint density at radius 1 is 1.35 bits per heavy atom. The van der Waals surface area contributed by atoms with Gasteiger partial charge in [-0.25, -0.2) is 4.79 Å². The number of ether oxygens (including phenoxy) is 1. The molecule has 0 saturated heterocycles. The molecule has 7 heteroatoms. The zero-order valence-electron chi connectivity index (χ0n) is 12.1. The molecule has 0 aliphatic heterocycles. The largest absolute Gasteiger partial charge is 0.461 e.